The van der Waals surface area contributed by atoms with Crippen molar-refractivity contribution in [1.82, 2.24) is 0 Å². The van der Waals surface area contributed by atoms with Gasteiger partial charge in [-0.05, 0) is 40.9 Å². The highest BCUT2D eigenvalue weighted by Gasteiger charge is 2.27. The molecule has 0 saturated heterocycles. The van der Waals surface area contributed by atoms with Crippen LogP contribution < -0.4 is 5.73 Å². The normalized spacial score (nSPS) is 14.5. The fraction of sp³-hybridized carbons (Fsp3) is 0.125. The first-order valence-electron chi connectivity index (χ1n) is 6.11. The molecular formula is C16H14BrNS. The van der Waals surface area contributed by atoms with Crippen molar-refractivity contribution in [3.05, 3.63) is 69.5 Å². The molecule has 1 nitrogen and oxygen atoms in total. The van der Waals surface area contributed by atoms with Crippen molar-refractivity contribution >= 4 is 37.4 Å². The summed E-state index contributed by atoms with van der Waals surface area (Å²) in [5.41, 5.74) is 8.43. The summed E-state index contributed by atoms with van der Waals surface area (Å²) in [7, 11) is 0. The lowest BCUT2D eigenvalue weighted by Gasteiger charge is -2.27. The Morgan fingerprint density at radius 3 is 2.53 bits per heavy atom. The summed E-state index contributed by atoms with van der Waals surface area (Å²) in [5, 5.41) is 3.37. The molecular weight excluding hydrogens is 318 g/mol. The van der Waals surface area contributed by atoms with E-state index in [1.54, 1.807) is 11.3 Å². The molecule has 0 spiro atoms. The van der Waals surface area contributed by atoms with E-state index in [2.05, 4.69) is 58.6 Å². The van der Waals surface area contributed by atoms with Crippen LogP contribution in [0.1, 0.15) is 18.1 Å². The molecule has 1 unspecified atom stereocenters. The van der Waals surface area contributed by atoms with Crippen LogP contribution in [0.25, 0.3) is 10.1 Å². The van der Waals surface area contributed by atoms with E-state index in [1.807, 2.05) is 18.2 Å². The van der Waals surface area contributed by atoms with Gasteiger partial charge in [0.1, 0.15) is 0 Å². The number of hydrogen-bond donors (Lipinski definition) is 1. The third-order valence-electron chi connectivity index (χ3n) is 3.47. The van der Waals surface area contributed by atoms with E-state index >= 15 is 0 Å². The molecule has 0 bridgehead atoms. The van der Waals surface area contributed by atoms with E-state index in [4.69, 9.17) is 5.73 Å². The van der Waals surface area contributed by atoms with Crippen LogP contribution >= 0.6 is 27.3 Å². The van der Waals surface area contributed by atoms with E-state index < -0.39 is 5.54 Å². The van der Waals surface area contributed by atoms with Crippen LogP contribution in [0.4, 0.5) is 0 Å². The summed E-state index contributed by atoms with van der Waals surface area (Å²) in [4.78, 5) is 0. The van der Waals surface area contributed by atoms with Crippen LogP contribution in [-0.2, 0) is 5.54 Å². The van der Waals surface area contributed by atoms with E-state index in [9.17, 15) is 0 Å². The second-order valence-electron chi connectivity index (χ2n) is 4.83. The third kappa shape index (κ3) is 2.12. The number of benzene rings is 2. The molecule has 3 rings (SSSR count). The van der Waals surface area contributed by atoms with Crippen molar-refractivity contribution in [3.8, 4) is 0 Å². The highest BCUT2D eigenvalue weighted by molar-refractivity contribution is 9.10. The maximum Gasteiger partial charge on any atom is 0.0662 e. The number of halogens is 1. The van der Waals surface area contributed by atoms with Crippen molar-refractivity contribution in [2.45, 2.75) is 12.5 Å². The fourth-order valence-corrected chi connectivity index (χ4v) is 4.16. The zero-order valence-electron chi connectivity index (χ0n) is 10.6. The van der Waals surface area contributed by atoms with Gasteiger partial charge in [0.15, 0.2) is 0 Å². The summed E-state index contributed by atoms with van der Waals surface area (Å²) in [6.45, 7) is 2.07. The average molecular weight is 332 g/mol. The molecule has 3 heteroatoms. The summed E-state index contributed by atoms with van der Waals surface area (Å²) in [6, 6.07) is 16.6. The first-order valence-corrected chi connectivity index (χ1v) is 7.78. The van der Waals surface area contributed by atoms with E-state index in [0.29, 0.717) is 0 Å². The minimum absolute atomic E-state index is 0.509. The number of fused-ring (bicyclic) bond motifs is 1. The first kappa shape index (κ1) is 12.9. The van der Waals surface area contributed by atoms with Crippen molar-refractivity contribution in [2.75, 3.05) is 0 Å². The summed E-state index contributed by atoms with van der Waals surface area (Å²) in [5.74, 6) is 0. The molecule has 2 aromatic carbocycles. The second-order valence-corrected chi connectivity index (χ2v) is 6.60. The van der Waals surface area contributed by atoms with Crippen molar-refractivity contribution in [3.63, 3.8) is 0 Å². The molecule has 2 N–H and O–H groups in total. The second kappa shape index (κ2) is 4.75. The van der Waals surface area contributed by atoms with Gasteiger partial charge in [-0.2, -0.15) is 0 Å². The molecule has 1 atom stereocenters. The number of thiophene rings is 1. The van der Waals surface area contributed by atoms with Crippen molar-refractivity contribution in [1.29, 1.82) is 0 Å². The lowest BCUT2D eigenvalue weighted by molar-refractivity contribution is 0.606. The zero-order chi connectivity index (χ0) is 13.5. The minimum atomic E-state index is -0.509. The molecule has 96 valence electrons. The lowest BCUT2D eigenvalue weighted by atomic mass is 9.85. The number of nitrogens with two attached hydrogens (primary N) is 1. The largest absolute Gasteiger partial charge is 0.318 e. The van der Waals surface area contributed by atoms with Gasteiger partial charge in [0, 0.05) is 9.17 Å². The van der Waals surface area contributed by atoms with Crippen LogP contribution in [0.5, 0.6) is 0 Å². The van der Waals surface area contributed by atoms with E-state index in [1.165, 1.54) is 15.6 Å². The number of rotatable bonds is 2. The highest BCUT2D eigenvalue weighted by atomic mass is 79.9. The van der Waals surface area contributed by atoms with Crippen LogP contribution in [0.15, 0.2) is 58.4 Å². The molecule has 1 heterocycles. The molecule has 0 saturated carbocycles. The highest BCUT2D eigenvalue weighted by Crippen LogP contribution is 2.37. The molecule has 0 aliphatic carbocycles. The molecule has 0 aliphatic rings. The minimum Gasteiger partial charge on any atom is -0.318 e. The Morgan fingerprint density at radius 1 is 1.00 bits per heavy atom. The summed E-state index contributed by atoms with van der Waals surface area (Å²) < 4.78 is 2.32. The summed E-state index contributed by atoms with van der Waals surface area (Å²) in [6.07, 6.45) is 0. The van der Waals surface area contributed by atoms with Gasteiger partial charge in [0.05, 0.1) is 5.54 Å². The Kier molecular flexibility index (Phi) is 3.21. The monoisotopic (exact) mass is 331 g/mol. The first-order chi connectivity index (χ1) is 9.10. The maximum atomic E-state index is 6.66. The van der Waals surface area contributed by atoms with Crippen molar-refractivity contribution in [2.24, 2.45) is 5.73 Å². The molecule has 1 aromatic heterocycles. The van der Waals surface area contributed by atoms with E-state index in [0.717, 1.165) is 10.0 Å². The van der Waals surface area contributed by atoms with Crippen LogP contribution in [0.2, 0.25) is 0 Å². The molecule has 19 heavy (non-hydrogen) atoms. The average Bonchev–Trinajstić information content (AvgIpc) is 2.86. The standard InChI is InChI=1S/C16H14BrNS/c1-16(18,12-6-2-3-8-14(12)17)13-7-4-5-11-9-10-19-15(11)13/h2-10H,18H2,1H3. The van der Waals surface area contributed by atoms with Crippen LogP contribution in [-0.4, -0.2) is 0 Å². The smallest absolute Gasteiger partial charge is 0.0662 e. The van der Waals surface area contributed by atoms with Gasteiger partial charge in [-0.3, -0.25) is 0 Å². The lowest BCUT2D eigenvalue weighted by Crippen LogP contribution is -2.34. The van der Waals surface area contributed by atoms with Gasteiger partial charge in [-0.1, -0.05) is 52.3 Å². The van der Waals surface area contributed by atoms with Crippen LogP contribution in [0, 0.1) is 0 Å². The molecule has 0 aliphatic heterocycles. The Bertz CT molecular complexity index is 730. The SMILES string of the molecule is CC(N)(c1ccccc1Br)c1cccc2ccsc12. The topological polar surface area (TPSA) is 26.0 Å². The van der Waals surface area contributed by atoms with Gasteiger partial charge in [0.2, 0.25) is 0 Å². The Morgan fingerprint density at radius 2 is 1.74 bits per heavy atom. The summed E-state index contributed by atoms with van der Waals surface area (Å²) >= 11 is 5.35. The molecule has 3 aromatic rings. The van der Waals surface area contributed by atoms with Gasteiger partial charge in [-0.15, -0.1) is 11.3 Å². The fourth-order valence-electron chi connectivity index (χ4n) is 2.43. The zero-order valence-corrected chi connectivity index (χ0v) is 13.0. The Hall–Kier alpha value is -1.16. The molecule has 0 amide bonds. The number of hydrogen-bond acceptors (Lipinski definition) is 2. The maximum absolute atomic E-state index is 6.66. The Balaban J connectivity index is 2.25. The Labute approximate surface area is 125 Å². The van der Waals surface area contributed by atoms with Crippen molar-refractivity contribution < 1.29 is 0 Å². The van der Waals surface area contributed by atoms with E-state index in [-0.39, 0.29) is 0 Å². The van der Waals surface area contributed by atoms with Gasteiger partial charge < -0.3 is 5.73 Å². The predicted molar refractivity (Wildman–Crippen MR) is 86.6 cm³/mol. The quantitative estimate of drug-likeness (QED) is 0.711. The van der Waals surface area contributed by atoms with Gasteiger partial charge >= 0.3 is 0 Å². The van der Waals surface area contributed by atoms with Crippen LogP contribution in [0.3, 0.4) is 0 Å². The predicted octanol–water partition coefficient (Wildman–Crippen LogP) is 4.89. The molecule has 0 radical (unpaired) electrons. The van der Waals surface area contributed by atoms with Gasteiger partial charge in [0.25, 0.3) is 0 Å². The molecule has 0 fully saturated rings. The van der Waals surface area contributed by atoms with Gasteiger partial charge in [-0.25, -0.2) is 0 Å². The third-order valence-corrected chi connectivity index (χ3v) is 5.13.